The van der Waals surface area contributed by atoms with Gasteiger partial charge in [-0.25, -0.2) is 8.78 Å². The summed E-state index contributed by atoms with van der Waals surface area (Å²) < 4.78 is 31.7. The number of carbonyl (C=O) groups excluding carboxylic acids is 1. The molecule has 1 aromatic rings. The molecule has 0 bridgehead atoms. The number of halogens is 2. The minimum atomic E-state index is -0.882. The van der Waals surface area contributed by atoms with Gasteiger partial charge in [0.25, 0.3) is 5.91 Å². The third-order valence-corrected chi connectivity index (χ3v) is 2.08. The molecule has 3 N–H and O–H groups in total. The standard InChI is InChI=1S/C12H14F2N2O2/c1-2-3-16-11(17)7-18-12-9(13)4-8(6-15)5-10(12)14/h2,4-5H,1,3,6-7,15H2,(H,16,17). The number of benzene rings is 1. The van der Waals surface area contributed by atoms with Crippen LogP contribution in [0.2, 0.25) is 0 Å². The van der Waals surface area contributed by atoms with Crippen LogP contribution in [0.1, 0.15) is 5.56 Å². The highest BCUT2D eigenvalue weighted by Crippen LogP contribution is 2.23. The van der Waals surface area contributed by atoms with Gasteiger partial charge in [0, 0.05) is 13.1 Å². The molecule has 0 saturated carbocycles. The first-order valence-corrected chi connectivity index (χ1v) is 5.26. The van der Waals surface area contributed by atoms with E-state index >= 15 is 0 Å². The summed E-state index contributed by atoms with van der Waals surface area (Å²) in [5.74, 6) is -2.84. The fourth-order valence-electron chi connectivity index (χ4n) is 1.24. The zero-order valence-electron chi connectivity index (χ0n) is 9.71. The molecule has 0 radical (unpaired) electrons. The van der Waals surface area contributed by atoms with E-state index in [1.807, 2.05) is 0 Å². The number of ether oxygens (including phenoxy) is 1. The molecule has 18 heavy (non-hydrogen) atoms. The topological polar surface area (TPSA) is 64.3 Å². The zero-order valence-corrected chi connectivity index (χ0v) is 9.71. The molecule has 0 aromatic heterocycles. The van der Waals surface area contributed by atoms with Crippen molar-refractivity contribution in [3.8, 4) is 5.75 Å². The van der Waals surface area contributed by atoms with E-state index in [-0.39, 0.29) is 13.1 Å². The maximum atomic E-state index is 13.4. The van der Waals surface area contributed by atoms with Crippen LogP contribution in [0.3, 0.4) is 0 Å². The number of hydrogen-bond acceptors (Lipinski definition) is 3. The predicted molar refractivity (Wildman–Crippen MR) is 63.0 cm³/mol. The molecule has 1 amide bonds. The largest absolute Gasteiger partial charge is 0.478 e. The Morgan fingerprint density at radius 3 is 2.56 bits per heavy atom. The van der Waals surface area contributed by atoms with E-state index in [1.54, 1.807) is 0 Å². The predicted octanol–water partition coefficient (Wildman–Crippen LogP) is 1.10. The van der Waals surface area contributed by atoms with Crippen LogP contribution in [0.25, 0.3) is 0 Å². The molecule has 0 aliphatic heterocycles. The van der Waals surface area contributed by atoms with Crippen molar-refractivity contribution in [3.63, 3.8) is 0 Å². The smallest absolute Gasteiger partial charge is 0.258 e. The van der Waals surface area contributed by atoms with E-state index in [4.69, 9.17) is 10.5 Å². The average molecular weight is 256 g/mol. The van der Waals surface area contributed by atoms with Crippen molar-refractivity contribution in [2.45, 2.75) is 6.54 Å². The van der Waals surface area contributed by atoms with Gasteiger partial charge in [-0.15, -0.1) is 6.58 Å². The summed E-state index contributed by atoms with van der Waals surface area (Å²) in [6, 6.07) is 2.14. The molecule has 1 rings (SSSR count). The Balaban J connectivity index is 2.67. The molecule has 0 unspecified atom stereocenters. The zero-order chi connectivity index (χ0) is 13.5. The molecule has 1 aromatic carbocycles. The second-order valence-corrected chi connectivity index (χ2v) is 3.47. The summed E-state index contributed by atoms with van der Waals surface area (Å²) in [6.45, 7) is 3.23. The van der Waals surface area contributed by atoms with Crippen LogP contribution in [0.4, 0.5) is 8.78 Å². The first-order chi connectivity index (χ1) is 8.58. The van der Waals surface area contributed by atoms with Crippen molar-refractivity contribution in [1.29, 1.82) is 0 Å². The van der Waals surface area contributed by atoms with Crippen LogP contribution < -0.4 is 15.8 Å². The van der Waals surface area contributed by atoms with E-state index in [1.165, 1.54) is 6.08 Å². The minimum Gasteiger partial charge on any atom is -0.478 e. The number of carbonyl (C=O) groups is 1. The number of amides is 1. The van der Waals surface area contributed by atoms with Crippen LogP contribution in [0.15, 0.2) is 24.8 Å². The van der Waals surface area contributed by atoms with Gasteiger partial charge in [0.05, 0.1) is 0 Å². The Bertz CT molecular complexity index is 427. The van der Waals surface area contributed by atoms with Crippen molar-refractivity contribution in [3.05, 3.63) is 42.0 Å². The van der Waals surface area contributed by atoms with Crippen molar-refractivity contribution in [2.75, 3.05) is 13.2 Å². The first-order valence-electron chi connectivity index (χ1n) is 5.26. The van der Waals surface area contributed by atoms with Crippen molar-refractivity contribution < 1.29 is 18.3 Å². The maximum absolute atomic E-state index is 13.4. The van der Waals surface area contributed by atoms with E-state index < -0.39 is 29.9 Å². The van der Waals surface area contributed by atoms with Crippen molar-refractivity contribution in [2.24, 2.45) is 5.73 Å². The Morgan fingerprint density at radius 1 is 1.44 bits per heavy atom. The first kappa shape index (κ1) is 14.1. The van der Waals surface area contributed by atoms with Crippen LogP contribution >= 0.6 is 0 Å². The third-order valence-electron chi connectivity index (χ3n) is 2.08. The van der Waals surface area contributed by atoms with Gasteiger partial charge in [-0.1, -0.05) is 6.08 Å². The van der Waals surface area contributed by atoms with Gasteiger partial charge in [-0.05, 0) is 17.7 Å². The van der Waals surface area contributed by atoms with Gasteiger partial charge in [-0.3, -0.25) is 4.79 Å². The molecule has 0 fully saturated rings. The number of hydrogen-bond donors (Lipinski definition) is 2. The summed E-state index contributed by atoms with van der Waals surface area (Å²) in [6.07, 6.45) is 1.48. The summed E-state index contributed by atoms with van der Waals surface area (Å²) in [7, 11) is 0. The summed E-state index contributed by atoms with van der Waals surface area (Å²) in [4.78, 5) is 11.2. The number of nitrogens with one attached hydrogen (secondary N) is 1. The fourth-order valence-corrected chi connectivity index (χ4v) is 1.24. The highest BCUT2D eigenvalue weighted by atomic mass is 19.1. The highest BCUT2D eigenvalue weighted by molar-refractivity contribution is 5.77. The van der Waals surface area contributed by atoms with Gasteiger partial charge in [0.1, 0.15) is 0 Å². The van der Waals surface area contributed by atoms with E-state index in [0.717, 1.165) is 12.1 Å². The molecule has 98 valence electrons. The van der Waals surface area contributed by atoms with Crippen LogP contribution in [0, 0.1) is 11.6 Å². The van der Waals surface area contributed by atoms with Gasteiger partial charge in [-0.2, -0.15) is 0 Å². The van der Waals surface area contributed by atoms with Crippen LogP contribution in [0.5, 0.6) is 5.75 Å². The van der Waals surface area contributed by atoms with Crippen molar-refractivity contribution >= 4 is 5.91 Å². The Kier molecular flexibility index (Phi) is 5.26. The fraction of sp³-hybridized carbons (Fsp3) is 0.250. The monoisotopic (exact) mass is 256 g/mol. The summed E-state index contributed by atoms with van der Waals surface area (Å²) >= 11 is 0. The molecule has 0 aliphatic carbocycles. The van der Waals surface area contributed by atoms with Gasteiger partial charge < -0.3 is 15.8 Å². The normalized spacial score (nSPS) is 9.94. The minimum absolute atomic E-state index is 0.0218. The lowest BCUT2D eigenvalue weighted by Crippen LogP contribution is -2.29. The van der Waals surface area contributed by atoms with E-state index in [0.29, 0.717) is 5.56 Å². The Hall–Kier alpha value is -1.95. The Morgan fingerprint density at radius 2 is 2.06 bits per heavy atom. The van der Waals surface area contributed by atoms with Gasteiger partial charge >= 0.3 is 0 Å². The highest BCUT2D eigenvalue weighted by Gasteiger charge is 2.13. The molecular weight excluding hydrogens is 242 g/mol. The lowest BCUT2D eigenvalue weighted by molar-refractivity contribution is -0.122. The molecule has 0 aliphatic rings. The Labute approximate surface area is 103 Å². The SMILES string of the molecule is C=CCNC(=O)COc1c(F)cc(CN)cc1F. The molecular formula is C12H14F2N2O2. The maximum Gasteiger partial charge on any atom is 0.258 e. The average Bonchev–Trinajstić information content (AvgIpc) is 2.34. The van der Waals surface area contributed by atoms with Crippen LogP contribution in [-0.4, -0.2) is 19.1 Å². The molecule has 6 heteroatoms. The number of nitrogens with two attached hydrogens (primary N) is 1. The lowest BCUT2D eigenvalue weighted by Gasteiger charge is -2.09. The molecule has 0 atom stereocenters. The number of rotatable bonds is 6. The molecule has 0 saturated heterocycles. The lowest BCUT2D eigenvalue weighted by atomic mass is 10.2. The van der Waals surface area contributed by atoms with Crippen molar-refractivity contribution in [1.82, 2.24) is 5.32 Å². The molecule has 0 heterocycles. The van der Waals surface area contributed by atoms with Gasteiger partial charge in [0.2, 0.25) is 0 Å². The summed E-state index contributed by atoms with van der Waals surface area (Å²) in [5, 5.41) is 2.42. The van der Waals surface area contributed by atoms with Crippen LogP contribution in [-0.2, 0) is 11.3 Å². The third kappa shape index (κ3) is 3.81. The quantitative estimate of drug-likeness (QED) is 0.749. The van der Waals surface area contributed by atoms with E-state index in [2.05, 4.69) is 11.9 Å². The molecule has 0 spiro atoms. The van der Waals surface area contributed by atoms with Gasteiger partial charge in [0.15, 0.2) is 24.0 Å². The van der Waals surface area contributed by atoms with E-state index in [9.17, 15) is 13.6 Å². The second kappa shape index (κ2) is 6.70. The second-order valence-electron chi connectivity index (χ2n) is 3.47. The molecule has 4 nitrogen and oxygen atoms in total. The summed E-state index contributed by atoms with van der Waals surface area (Å²) in [5.41, 5.74) is 5.58.